The summed E-state index contributed by atoms with van der Waals surface area (Å²) >= 11 is 6.13. The van der Waals surface area contributed by atoms with E-state index < -0.39 is 5.82 Å². The highest BCUT2D eigenvalue weighted by Crippen LogP contribution is 2.38. The van der Waals surface area contributed by atoms with Gasteiger partial charge >= 0.3 is 0 Å². The second-order valence-corrected chi connectivity index (χ2v) is 11.4. The SMILES string of the molecule is Cc1ccc(N2CCC[C@H](N(Cc3ccnc(C)c3)Cc3cn(C4CC4)c4cc(Cl)c(F)cc4c3=O)C2)cn1. The first kappa shape index (κ1) is 26.0. The number of pyridine rings is 3. The topological polar surface area (TPSA) is 54.3 Å². The van der Waals surface area contributed by atoms with Gasteiger partial charge in [-0.1, -0.05) is 11.6 Å². The van der Waals surface area contributed by atoms with Crippen LogP contribution in [0.2, 0.25) is 5.02 Å². The normalized spacial score (nSPS) is 17.8. The predicted molar refractivity (Wildman–Crippen MR) is 154 cm³/mol. The Hall–Kier alpha value is -3.29. The van der Waals surface area contributed by atoms with E-state index in [4.69, 9.17) is 11.6 Å². The van der Waals surface area contributed by atoms with Gasteiger partial charge in [0.2, 0.25) is 0 Å². The van der Waals surface area contributed by atoms with Gasteiger partial charge in [-0.15, -0.1) is 0 Å². The predicted octanol–water partition coefficient (Wildman–Crippen LogP) is 6.21. The van der Waals surface area contributed by atoms with Crippen molar-refractivity contribution in [2.24, 2.45) is 0 Å². The second kappa shape index (κ2) is 10.7. The fraction of sp³-hybridized carbons (Fsp3) is 0.387. The van der Waals surface area contributed by atoms with Gasteiger partial charge in [0, 0.05) is 73.0 Å². The maximum atomic E-state index is 14.5. The number of fused-ring (bicyclic) bond motifs is 1. The molecule has 6 rings (SSSR count). The van der Waals surface area contributed by atoms with Crippen LogP contribution in [0.4, 0.5) is 10.1 Å². The molecule has 6 nitrogen and oxygen atoms in total. The van der Waals surface area contributed by atoms with Crippen LogP contribution in [0.25, 0.3) is 10.9 Å². The van der Waals surface area contributed by atoms with Crippen LogP contribution in [-0.2, 0) is 13.1 Å². The molecular formula is C31H33ClFN5O. The molecule has 202 valence electrons. The molecule has 0 radical (unpaired) electrons. The van der Waals surface area contributed by atoms with Crippen LogP contribution in [0.15, 0.2) is 59.8 Å². The summed E-state index contributed by atoms with van der Waals surface area (Å²) in [7, 11) is 0. The van der Waals surface area contributed by atoms with E-state index >= 15 is 0 Å². The van der Waals surface area contributed by atoms with E-state index in [2.05, 4.69) is 42.5 Å². The molecule has 1 atom stereocenters. The molecule has 0 bridgehead atoms. The highest BCUT2D eigenvalue weighted by Gasteiger charge is 2.29. The average Bonchev–Trinajstić information content (AvgIpc) is 3.77. The van der Waals surface area contributed by atoms with Gasteiger partial charge < -0.3 is 9.47 Å². The van der Waals surface area contributed by atoms with Gasteiger partial charge in [0.25, 0.3) is 0 Å². The first-order chi connectivity index (χ1) is 18.9. The van der Waals surface area contributed by atoms with Gasteiger partial charge in [-0.05, 0) is 81.5 Å². The van der Waals surface area contributed by atoms with E-state index in [9.17, 15) is 9.18 Å². The fourth-order valence-corrected chi connectivity index (χ4v) is 5.93. The molecule has 1 saturated carbocycles. The third-order valence-corrected chi connectivity index (χ3v) is 8.27. The van der Waals surface area contributed by atoms with Crippen molar-refractivity contribution in [3.8, 4) is 0 Å². The van der Waals surface area contributed by atoms with E-state index in [0.29, 0.717) is 35.6 Å². The smallest absolute Gasteiger partial charge is 0.193 e. The molecule has 2 aliphatic rings. The molecule has 1 aliphatic heterocycles. The van der Waals surface area contributed by atoms with Gasteiger partial charge in [-0.2, -0.15) is 0 Å². The maximum absolute atomic E-state index is 14.5. The Bertz CT molecular complexity index is 1570. The van der Waals surface area contributed by atoms with Crippen molar-refractivity contribution >= 4 is 28.2 Å². The Kier molecular flexibility index (Phi) is 7.12. The molecular weight excluding hydrogens is 513 g/mol. The van der Waals surface area contributed by atoms with Gasteiger partial charge in [0.15, 0.2) is 5.43 Å². The Morgan fingerprint density at radius 1 is 1.05 bits per heavy atom. The number of piperidine rings is 1. The van der Waals surface area contributed by atoms with Crippen LogP contribution < -0.4 is 10.3 Å². The lowest BCUT2D eigenvalue weighted by Gasteiger charge is -2.40. The Balaban J connectivity index is 1.37. The lowest BCUT2D eigenvalue weighted by Crippen LogP contribution is -2.48. The average molecular weight is 546 g/mol. The van der Waals surface area contributed by atoms with Crippen molar-refractivity contribution in [1.82, 2.24) is 19.4 Å². The summed E-state index contributed by atoms with van der Waals surface area (Å²) in [6.07, 6.45) is 9.98. The molecule has 2 fully saturated rings. The minimum absolute atomic E-state index is 0.0478. The van der Waals surface area contributed by atoms with E-state index in [-0.39, 0.29) is 16.5 Å². The number of anilines is 1. The number of benzene rings is 1. The molecule has 4 aromatic rings. The van der Waals surface area contributed by atoms with E-state index in [1.54, 1.807) is 6.07 Å². The number of nitrogens with zero attached hydrogens (tertiary/aromatic N) is 5. The lowest BCUT2D eigenvalue weighted by atomic mass is 10.0. The number of aromatic nitrogens is 3. The van der Waals surface area contributed by atoms with Crippen LogP contribution in [0.5, 0.6) is 0 Å². The molecule has 0 N–H and O–H groups in total. The zero-order valence-corrected chi connectivity index (χ0v) is 23.2. The molecule has 3 aromatic heterocycles. The number of aryl methyl sites for hydroxylation is 2. The van der Waals surface area contributed by atoms with Gasteiger partial charge in [0.1, 0.15) is 5.82 Å². The standard InChI is InChI=1S/C31H33ClFN5O/c1-20-5-6-25(15-35-20)36-11-3-4-26(19-36)37(16-22-9-10-34-21(2)12-22)17-23-18-38(24-7-8-24)30-14-28(32)29(33)13-27(30)31(23)39/h5-6,9-10,12-15,18,24,26H,3-4,7-8,11,16-17,19H2,1-2H3/t26-/m0/s1. The molecule has 8 heteroatoms. The number of rotatable bonds is 7. The summed E-state index contributed by atoms with van der Waals surface area (Å²) in [5, 5.41) is 0.448. The molecule has 1 aromatic carbocycles. The Morgan fingerprint density at radius 3 is 2.64 bits per heavy atom. The van der Waals surface area contributed by atoms with E-state index in [0.717, 1.165) is 61.4 Å². The van der Waals surface area contributed by atoms with E-state index in [1.165, 1.54) is 6.07 Å². The molecule has 0 spiro atoms. The quantitative estimate of drug-likeness (QED) is 0.276. The van der Waals surface area contributed by atoms with Gasteiger partial charge in [-0.3, -0.25) is 19.7 Å². The van der Waals surface area contributed by atoms with Gasteiger partial charge in [0.05, 0.1) is 22.4 Å². The molecule has 0 unspecified atom stereocenters. The largest absolute Gasteiger partial charge is 0.369 e. The fourth-order valence-electron chi connectivity index (χ4n) is 5.77. The summed E-state index contributed by atoms with van der Waals surface area (Å²) in [5.41, 5.74) is 5.54. The number of hydrogen-bond acceptors (Lipinski definition) is 5. The number of hydrogen-bond donors (Lipinski definition) is 0. The minimum atomic E-state index is -0.556. The molecule has 39 heavy (non-hydrogen) atoms. The summed E-state index contributed by atoms with van der Waals surface area (Å²) in [4.78, 5) is 27.4. The zero-order valence-electron chi connectivity index (χ0n) is 22.4. The first-order valence-electron chi connectivity index (χ1n) is 13.7. The first-order valence-corrected chi connectivity index (χ1v) is 14.1. The minimum Gasteiger partial charge on any atom is -0.369 e. The second-order valence-electron chi connectivity index (χ2n) is 11.0. The maximum Gasteiger partial charge on any atom is 0.193 e. The third kappa shape index (κ3) is 5.56. The molecule has 4 heterocycles. The molecule has 0 amide bonds. The van der Waals surface area contributed by atoms with Crippen molar-refractivity contribution in [1.29, 1.82) is 0 Å². The van der Waals surface area contributed by atoms with Crippen molar-refractivity contribution in [3.05, 3.63) is 98.6 Å². The van der Waals surface area contributed by atoms with Crippen LogP contribution in [0.3, 0.4) is 0 Å². The van der Waals surface area contributed by atoms with Crippen LogP contribution in [0, 0.1) is 19.7 Å². The zero-order chi connectivity index (χ0) is 27.1. The van der Waals surface area contributed by atoms with Gasteiger partial charge in [-0.25, -0.2) is 4.39 Å². The highest BCUT2D eigenvalue weighted by molar-refractivity contribution is 6.31. The Labute approximate surface area is 233 Å². The monoisotopic (exact) mass is 545 g/mol. The lowest BCUT2D eigenvalue weighted by molar-refractivity contribution is 0.158. The van der Waals surface area contributed by atoms with Crippen LogP contribution in [-0.4, -0.2) is 38.6 Å². The molecule has 1 saturated heterocycles. The number of halogens is 2. The summed E-state index contributed by atoms with van der Waals surface area (Å²) in [5.74, 6) is -0.556. The van der Waals surface area contributed by atoms with Crippen LogP contribution >= 0.6 is 11.6 Å². The van der Waals surface area contributed by atoms with E-state index in [1.807, 2.05) is 38.5 Å². The summed E-state index contributed by atoms with van der Waals surface area (Å²) in [6, 6.07) is 11.8. The van der Waals surface area contributed by atoms with Crippen molar-refractivity contribution < 1.29 is 4.39 Å². The third-order valence-electron chi connectivity index (χ3n) is 7.98. The highest BCUT2D eigenvalue weighted by atomic mass is 35.5. The Morgan fingerprint density at radius 2 is 1.90 bits per heavy atom. The summed E-state index contributed by atoms with van der Waals surface area (Å²) in [6.45, 7) is 7.01. The van der Waals surface area contributed by atoms with Crippen molar-refractivity contribution in [3.63, 3.8) is 0 Å². The van der Waals surface area contributed by atoms with Crippen molar-refractivity contribution in [2.75, 3.05) is 18.0 Å². The van der Waals surface area contributed by atoms with Crippen LogP contribution in [0.1, 0.15) is 54.2 Å². The molecule has 1 aliphatic carbocycles. The summed E-state index contributed by atoms with van der Waals surface area (Å²) < 4.78 is 16.6. The van der Waals surface area contributed by atoms with Crippen molar-refractivity contribution in [2.45, 2.75) is 64.7 Å².